The van der Waals surface area contributed by atoms with Crippen LogP contribution >= 0.6 is 0 Å². The molecular weight excluding hydrogens is 216 g/mol. The monoisotopic (exact) mass is 232 g/mol. The highest BCUT2D eigenvalue weighted by molar-refractivity contribution is 5.76. The van der Waals surface area contributed by atoms with Crippen molar-refractivity contribution in [2.24, 2.45) is 12.9 Å². The Labute approximate surface area is 99.6 Å². The standard InChI is InChI=1S/C12H16N4O/c1-16-8-14-10-7-9(5-6-11(10)16)3-2-4-12(17)15-13/h5-8H,2-4,13H2,1H3,(H,15,17). The number of hydrogen-bond acceptors (Lipinski definition) is 3. The quantitative estimate of drug-likeness (QED) is 0.467. The first-order chi connectivity index (χ1) is 8.20. The third kappa shape index (κ3) is 2.62. The Balaban J connectivity index is 2.02. The van der Waals surface area contributed by atoms with E-state index in [9.17, 15) is 4.79 Å². The van der Waals surface area contributed by atoms with Gasteiger partial charge >= 0.3 is 0 Å². The Kier molecular flexibility index (Phi) is 3.39. The molecular formula is C12H16N4O. The largest absolute Gasteiger partial charge is 0.334 e. The van der Waals surface area contributed by atoms with Crippen molar-refractivity contribution in [1.29, 1.82) is 0 Å². The molecule has 2 aromatic rings. The number of hydrazine groups is 1. The highest BCUT2D eigenvalue weighted by atomic mass is 16.2. The minimum Gasteiger partial charge on any atom is -0.334 e. The van der Waals surface area contributed by atoms with Crippen molar-refractivity contribution in [3.05, 3.63) is 30.1 Å². The third-order valence-electron chi connectivity index (χ3n) is 2.82. The molecule has 0 radical (unpaired) electrons. The van der Waals surface area contributed by atoms with E-state index in [1.807, 2.05) is 11.6 Å². The van der Waals surface area contributed by atoms with Crippen LogP contribution in [-0.4, -0.2) is 15.5 Å². The van der Waals surface area contributed by atoms with Crippen molar-refractivity contribution >= 4 is 16.9 Å². The predicted octanol–water partition coefficient (Wildman–Crippen LogP) is 0.886. The molecule has 2 rings (SSSR count). The molecule has 0 unspecified atom stereocenters. The van der Waals surface area contributed by atoms with Gasteiger partial charge in [0.25, 0.3) is 0 Å². The van der Waals surface area contributed by atoms with Gasteiger partial charge in [0, 0.05) is 13.5 Å². The van der Waals surface area contributed by atoms with Gasteiger partial charge in [-0.1, -0.05) is 6.07 Å². The molecule has 0 bridgehead atoms. The van der Waals surface area contributed by atoms with Crippen LogP contribution in [-0.2, 0) is 18.3 Å². The fourth-order valence-electron chi connectivity index (χ4n) is 1.86. The number of fused-ring (bicyclic) bond motifs is 1. The summed E-state index contributed by atoms with van der Waals surface area (Å²) in [5.74, 6) is 4.89. The molecule has 1 aromatic carbocycles. The summed E-state index contributed by atoms with van der Waals surface area (Å²) in [4.78, 5) is 15.3. The van der Waals surface area contributed by atoms with E-state index < -0.39 is 0 Å². The number of amides is 1. The average molecular weight is 232 g/mol. The maximum absolute atomic E-state index is 11.0. The summed E-state index contributed by atoms with van der Waals surface area (Å²) in [6, 6.07) is 6.20. The summed E-state index contributed by atoms with van der Waals surface area (Å²) in [6.45, 7) is 0. The highest BCUT2D eigenvalue weighted by Crippen LogP contribution is 2.15. The lowest BCUT2D eigenvalue weighted by atomic mass is 10.1. The number of carbonyl (C=O) groups excluding carboxylic acids is 1. The van der Waals surface area contributed by atoms with Crippen molar-refractivity contribution in [2.75, 3.05) is 0 Å². The molecule has 5 nitrogen and oxygen atoms in total. The average Bonchev–Trinajstić information content (AvgIpc) is 2.70. The zero-order chi connectivity index (χ0) is 12.3. The van der Waals surface area contributed by atoms with Crippen LogP contribution in [0.2, 0.25) is 0 Å². The Morgan fingerprint density at radius 2 is 2.35 bits per heavy atom. The number of nitrogens with two attached hydrogens (primary N) is 1. The summed E-state index contributed by atoms with van der Waals surface area (Å²) < 4.78 is 1.99. The van der Waals surface area contributed by atoms with Crippen molar-refractivity contribution in [3.8, 4) is 0 Å². The minimum absolute atomic E-state index is 0.121. The molecule has 3 N–H and O–H groups in total. The van der Waals surface area contributed by atoms with E-state index in [0.717, 1.165) is 23.9 Å². The highest BCUT2D eigenvalue weighted by Gasteiger charge is 2.02. The topological polar surface area (TPSA) is 72.9 Å². The normalized spacial score (nSPS) is 10.7. The van der Waals surface area contributed by atoms with E-state index in [1.165, 1.54) is 5.56 Å². The fraction of sp³-hybridized carbons (Fsp3) is 0.333. The first-order valence-corrected chi connectivity index (χ1v) is 5.60. The van der Waals surface area contributed by atoms with Crippen LogP contribution in [0.15, 0.2) is 24.5 Å². The van der Waals surface area contributed by atoms with Crippen LogP contribution < -0.4 is 11.3 Å². The summed E-state index contributed by atoms with van der Waals surface area (Å²) in [6.07, 6.45) is 3.91. The molecule has 0 aliphatic rings. The van der Waals surface area contributed by atoms with Gasteiger partial charge in [-0.2, -0.15) is 0 Å². The molecule has 1 amide bonds. The summed E-state index contributed by atoms with van der Waals surface area (Å²) in [5, 5.41) is 0. The van der Waals surface area contributed by atoms with Crippen LogP contribution in [0.4, 0.5) is 0 Å². The van der Waals surface area contributed by atoms with Crippen molar-refractivity contribution in [3.63, 3.8) is 0 Å². The predicted molar refractivity (Wildman–Crippen MR) is 66.0 cm³/mol. The lowest BCUT2D eigenvalue weighted by Gasteiger charge is -2.02. The zero-order valence-corrected chi connectivity index (χ0v) is 9.81. The van der Waals surface area contributed by atoms with Crippen LogP contribution in [0.3, 0.4) is 0 Å². The fourth-order valence-corrected chi connectivity index (χ4v) is 1.86. The maximum atomic E-state index is 11.0. The molecule has 0 fully saturated rings. The van der Waals surface area contributed by atoms with Crippen molar-refractivity contribution < 1.29 is 4.79 Å². The molecule has 90 valence electrons. The van der Waals surface area contributed by atoms with E-state index >= 15 is 0 Å². The van der Waals surface area contributed by atoms with E-state index in [-0.39, 0.29) is 5.91 Å². The van der Waals surface area contributed by atoms with Gasteiger partial charge in [-0.15, -0.1) is 0 Å². The number of nitrogens with one attached hydrogen (secondary N) is 1. The van der Waals surface area contributed by atoms with E-state index in [1.54, 1.807) is 6.33 Å². The second kappa shape index (κ2) is 4.97. The number of aromatic nitrogens is 2. The van der Waals surface area contributed by atoms with E-state index in [2.05, 4.69) is 28.6 Å². The van der Waals surface area contributed by atoms with E-state index in [0.29, 0.717) is 6.42 Å². The lowest BCUT2D eigenvalue weighted by Crippen LogP contribution is -2.29. The zero-order valence-electron chi connectivity index (χ0n) is 9.81. The van der Waals surface area contributed by atoms with E-state index in [4.69, 9.17) is 5.84 Å². The first-order valence-electron chi connectivity index (χ1n) is 5.60. The third-order valence-corrected chi connectivity index (χ3v) is 2.82. The van der Waals surface area contributed by atoms with Crippen LogP contribution in [0, 0.1) is 0 Å². The number of carbonyl (C=O) groups is 1. The van der Waals surface area contributed by atoms with Crippen molar-refractivity contribution in [2.45, 2.75) is 19.3 Å². The summed E-state index contributed by atoms with van der Waals surface area (Å²) >= 11 is 0. The Hall–Kier alpha value is -1.88. The smallest absolute Gasteiger partial charge is 0.233 e. The Morgan fingerprint density at radius 1 is 1.53 bits per heavy atom. The minimum atomic E-state index is -0.121. The number of imidazole rings is 1. The number of benzene rings is 1. The van der Waals surface area contributed by atoms with Gasteiger partial charge in [-0.25, -0.2) is 10.8 Å². The SMILES string of the molecule is Cn1cnc2cc(CCCC(=O)NN)ccc21. The molecule has 0 aliphatic heterocycles. The molecule has 0 spiro atoms. The van der Waals surface area contributed by atoms with Gasteiger partial charge in [-0.05, 0) is 30.5 Å². The van der Waals surface area contributed by atoms with Gasteiger partial charge in [0.1, 0.15) is 0 Å². The van der Waals surface area contributed by atoms with Gasteiger partial charge in [0.05, 0.1) is 17.4 Å². The van der Waals surface area contributed by atoms with Gasteiger partial charge < -0.3 is 4.57 Å². The summed E-state index contributed by atoms with van der Waals surface area (Å²) in [5.41, 5.74) is 5.44. The number of hydrogen-bond donors (Lipinski definition) is 2. The molecule has 5 heteroatoms. The van der Waals surface area contributed by atoms with Crippen molar-refractivity contribution in [1.82, 2.24) is 15.0 Å². The molecule has 1 aromatic heterocycles. The van der Waals surface area contributed by atoms with Crippen LogP contribution in [0.1, 0.15) is 18.4 Å². The second-order valence-electron chi connectivity index (χ2n) is 4.10. The molecule has 0 saturated carbocycles. The number of nitrogens with zero attached hydrogens (tertiary/aromatic N) is 2. The number of aryl methyl sites for hydroxylation is 2. The molecule has 17 heavy (non-hydrogen) atoms. The van der Waals surface area contributed by atoms with Gasteiger partial charge in [-0.3, -0.25) is 10.2 Å². The Morgan fingerprint density at radius 3 is 3.12 bits per heavy atom. The van der Waals surface area contributed by atoms with Crippen LogP contribution in [0.25, 0.3) is 11.0 Å². The lowest BCUT2D eigenvalue weighted by molar-refractivity contribution is -0.121. The molecule has 1 heterocycles. The van der Waals surface area contributed by atoms with Gasteiger partial charge in [0.2, 0.25) is 5.91 Å². The summed E-state index contributed by atoms with van der Waals surface area (Å²) in [7, 11) is 1.97. The molecule has 0 atom stereocenters. The number of rotatable bonds is 4. The van der Waals surface area contributed by atoms with Crippen LogP contribution in [0.5, 0.6) is 0 Å². The van der Waals surface area contributed by atoms with Gasteiger partial charge in [0.15, 0.2) is 0 Å². The Bertz CT molecular complexity index is 532. The molecule has 0 saturated heterocycles. The first kappa shape index (κ1) is 11.6. The molecule has 0 aliphatic carbocycles. The maximum Gasteiger partial charge on any atom is 0.233 e. The second-order valence-corrected chi connectivity index (χ2v) is 4.10.